The monoisotopic (exact) mass is 383 g/mol. The molecule has 27 heavy (non-hydrogen) atoms. The maximum absolute atomic E-state index is 12.2. The minimum absolute atomic E-state index is 0.0637. The number of nitrogens with zero attached hydrogens (tertiary/aromatic N) is 2. The van der Waals surface area contributed by atoms with Crippen molar-refractivity contribution in [2.75, 3.05) is 12.5 Å². The fourth-order valence-corrected chi connectivity index (χ4v) is 3.22. The number of thioether (sulfide) groups is 1. The summed E-state index contributed by atoms with van der Waals surface area (Å²) in [6, 6.07) is 15.1. The molecular weight excluding hydrogens is 366 g/mol. The lowest BCUT2D eigenvalue weighted by Gasteiger charge is -2.13. The Morgan fingerprint density at radius 1 is 1.15 bits per heavy atom. The van der Waals surface area contributed by atoms with Crippen LogP contribution in [0.5, 0.6) is 11.5 Å². The lowest BCUT2D eigenvalue weighted by Crippen LogP contribution is -2.28. The van der Waals surface area contributed by atoms with E-state index in [4.69, 9.17) is 13.9 Å². The molecule has 8 heteroatoms. The van der Waals surface area contributed by atoms with Gasteiger partial charge in [-0.2, -0.15) is 0 Å². The van der Waals surface area contributed by atoms with Crippen LogP contribution in [-0.2, 0) is 4.79 Å². The van der Waals surface area contributed by atoms with Crippen LogP contribution in [0.25, 0.3) is 11.5 Å². The summed E-state index contributed by atoms with van der Waals surface area (Å²) in [7, 11) is 0. The van der Waals surface area contributed by atoms with Crippen molar-refractivity contribution < 1.29 is 18.7 Å². The summed E-state index contributed by atoms with van der Waals surface area (Å²) in [5.41, 5.74) is 1.79. The topological polar surface area (TPSA) is 86.5 Å². The number of ether oxygens (including phenoxy) is 2. The van der Waals surface area contributed by atoms with Gasteiger partial charge >= 0.3 is 0 Å². The van der Waals surface area contributed by atoms with Gasteiger partial charge in [-0.15, -0.1) is 10.2 Å². The van der Waals surface area contributed by atoms with Gasteiger partial charge in [-0.05, 0) is 30.7 Å². The highest BCUT2D eigenvalue weighted by atomic mass is 32.2. The molecule has 1 atom stereocenters. The number of aromatic nitrogens is 2. The van der Waals surface area contributed by atoms with Crippen molar-refractivity contribution in [2.24, 2.45) is 0 Å². The number of carbonyl (C=O) groups is 1. The Kier molecular flexibility index (Phi) is 4.97. The summed E-state index contributed by atoms with van der Waals surface area (Å²) in [6.45, 7) is 2.16. The first-order chi connectivity index (χ1) is 13.2. The van der Waals surface area contributed by atoms with Crippen molar-refractivity contribution >= 4 is 17.7 Å². The van der Waals surface area contributed by atoms with Gasteiger partial charge in [0.2, 0.25) is 18.6 Å². The van der Waals surface area contributed by atoms with Crippen LogP contribution in [0.3, 0.4) is 0 Å². The van der Waals surface area contributed by atoms with Crippen LogP contribution in [0.1, 0.15) is 18.5 Å². The third-order valence-corrected chi connectivity index (χ3v) is 4.85. The summed E-state index contributed by atoms with van der Waals surface area (Å²) in [5, 5.41) is 11.3. The SMILES string of the molecule is CC(NC(=O)CSc1nnc(-c2ccc3c(c2)OCO3)o1)c1ccccc1. The van der Waals surface area contributed by atoms with Gasteiger partial charge in [-0.25, -0.2) is 0 Å². The highest BCUT2D eigenvalue weighted by Crippen LogP contribution is 2.36. The molecule has 1 amide bonds. The standard InChI is InChI=1S/C19H17N3O4S/c1-12(13-5-3-2-4-6-13)20-17(23)10-27-19-22-21-18(26-19)14-7-8-15-16(9-14)25-11-24-15/h2-9,12H,10-11H2,1H3,(H,20,23). The number of benzene rings is 2. The predicted octanol–water partition coefficient (Wildman–Crippen LogP) is 3.43. The van der Waals surface area contributed by atoms with Crippen molar-refractivity contribution in [3.63, 3.8) is 0 Å². The van der Waals surface area contributed by atoms with Gasteiger partial charge in [-0.1, -0.05) is 42.1 Å². The molecule has 0 radical (unpaired) electrons. The van der Waals surface area contributed by atoms with Gasteiger partial charge < -0.3 is 19.2 Å². The van der Waals surface area contributed by atoms with Crippen LogP contribution < -0.4 is 14.8 Å². The Morgan fingerprint density at radius 3 is 2.81 bits per heavy atom. The van der Waals surface area contributed by atoms with E-state index in [-0.39, 0.29) is 24.5 Å². The molecule has 0 spiro atoms. The highest BCUT2D eigenvalue weighted by molar-refractivity contribution is 7.99. The number of carbonyl (C=O) groups excluding carboxylic acids is 1. The first-order valence-corrected chi connectivity index (χ1v) is 9.38. The molecule has 3 aromatic rings. The zero-order valence-corrected chi connectivity index (χ0v) is 15.4. The van der Waals surface area contributed by atoms with Crippen LogP contribution in [0.4, 0.5) is 0 Å². The molecule has 0 saturated heterocycles. The Hall–Kier alpha value is -3.00. The summed E-state index contributed by atoms with van der Waals surface area (Å²) in [4.78, 5) is 12.2. The van der Waals surface area contributed by atoms with Crippen LogP contribution >= 0.6 is 11.8 Å². The lowest BCUT2D eigenvalue weighted by molar-refractivity contribution is -0.119. The first-order valence-electron chi connectivity index (χ1n) is 8.39. The molecule has 0 bridgehead atoms. The molecule has 1 unspecified atom stereocenters. The maximum atomic E-state index is 12.2. The molecule has 1 N–H and O–H groups in total. The Morgan fingerprint density at radius 2 is 1.96 bits per heavy atom. The summed E-state index contributed by atoms with van der Waals surface area (Å²) < 4.78 is 16.3. The predicted molar refractivity (Wildman–Crippen MR) is 99.6 cm³/mol. The minimum Gasteiger partial charge on any atom is -0.454 e. The van der Waals surface area contributed by atoms with Crippen LogP contribution in [-0.4, -0.2) is 28.7 Å². The van der Waals surface area contributed by atoms with Gasteiger partial charge in [0.25, 0.3) is 5.22 Å². The van der Waals surface area contributed by atoms with Gasteiger partial charge in [0.05, 0.1) is 11.8 Å². The van der Waals surface area contributed by atoms with E-state index in [1.165, 1.54) is 11.8 Å². The van der Waals surface area contributed by atoms with Crippen molar-refractivity contribution in [3.8, 4) is 23.0 Å². The second-order valence-electron chi connectivity index (χ2n) is 5.93. The summed E-state index contributed by atoms with van der Waals surface area (Å²) >= 11 is 1.20. The van der Waals surface area contributed by atoms with E-state index in [1.54, 1.807) is 12.1 Å². The Balaban J connectivity index is 1.34. The van der Waals surface area contributed by atoms with Crippen LogP contribution in [0, 0.1) is 0 Å². The molecule has 138 valence electrons. The molecule has 1 aromatic heterocycles. The van der Waals surface area contributed by atoms with Crippen molar-refractivity contribution in [3.05, 3.63) is 54.1 Å². The van der Waals surface area contributed by atoms with Gasteiger partial charge in [0.15, 0.2) is 11.5 Å². The molecule has 2 heterocycles. The molecular formula is C19H17N3O4S. The molecule has 2 aromatic carbocycles. The fraction of sp³-hybridized carbons (Fsp3) is 0.211. The fourth-order valence-electron chi connectivity index (χ4n) is 2.65. The second-order valence-corrected chi connectivity index (χ2v) is 6.86. The second kappa shape index (κ2) is 7.71. The zero-order chi connectivity index (χ0) is 18.6. The molecule has 1 aliphatic rings. The van der Waals surface area contributed by atoms with Crippen molar-refractivity contribution in [2.45, 2.75) is 18.2 Å². The average Bonchev–Trinajstić information content (AvgIpc) is 3.35. The van der Waals surface area contributed by atoms with E-state index in [9.17, 15) is 4.79 Å². The van der Waals surface area contributed by atoms with E-state index < -0.39 is 0 Å². The quantitative estimate of drug-likeness (QED) is 0.653. The number of nitrogens with one attached hydrogen (secondary N) is 1. The van der Waals surface area contributed by atoms with Crippen molar-refractivity contribution in [1.82, 2.24) is 15.5 Å². The average molecular weight is 383 g/mol. The highest BCUT2D eigenvalue weighted by Gasteiger charge is 2.17. The van der Waals surface area contributed by atoms with Gasteiger partial charge in [0.1, 0.15) is 0 Å². The number of hydrogen-bond acceptors (Lipinski definition) is 7. The number of rotatable bonds is 6. The molecule has 0 saturated carbocycles. The van der Waals surface area contributed by atoms with Crippen molar-refractivity contribution in [1.29, 1.82) is 0 Å². The van der Waals surface area contributed by atoms with E-state index in [0.717, 1.165) is 11.1 Å². The number of hydrogen-bond donors (Lipinski definition) is 1. The Labute approximate surface area is 160 Å². The molecule has 0 fully saturated rings. The van der Waals surface area contributed by atoms with Gasteiger partial charge in [0, 0.05) is 5.56 Å². The van der Waals surface area contributed by atoms with Gasteiger partial charge in [-0.3, -0.25) is 4.79 Å². The summed E-state index contributed by atoms with van der Waals surface area (Å²) in [6.07, 6.45) is 0. The van der Waals surface area contributed by atoms with E-state index >= 15 is 0 Å². The molecule has 4 rings (SSSR count). The molecule has 1 aliphatic heterocycles. The number of amides is 1. The first kappa shape index (κ1) is 17.4. The van der Waals surface area contributed by atoms with E-state index in [0.29, 0.717) is 22.6 Å². The lowest BCUT2D eigenvalue weighted by atomic mass is 10.1. The largest absolute Gasteiger partial charge is 0.454 e. The third-order valence-electron chi connectivity index (χ3n) is 4.03. The minimum atomic E-state index is -0.0980. The third kappa shape index (κ3) is 4.06. The van der Waals surface area contributed by atoms with E-state index in [2.05, 4.69) is 15.5 Å². The normalized spacial score (nSPS) is 13.4. The zero-order valence-electron chi connectivity index (χ0n) is 14.5. The molecule has 0 aliphatic carbocycles. The number of fused-ring (bicyclic) bond motifs is 1. The van der Waals surface area contributed by atoms with Crippen LogP contribution in [0.15, 0.2) is 58.2 Å². The van der Waals surface area contributed by atoms with E-state index in [1.807, 2.05) is 43.3 Å². The maximum Gasteiger partial charge on any atom is 0.277 e. The summed E-state index contributed by atoms with van der Waals surface area (Å²) in [5.74, 6) is 1.80. The van der Waals surface area contributed by atoms with Crippen LogP contribution in [0.2, 0.25) is 0 Å². The Bertz CT molecular complexity index is 945. The molecule has 7 nitrogen and oxygen atoms in total. The smallest absolute Gasteiger partial charge is 0.277 e.